The Morgan fingerprint density at radius 2 is 0.434 bits per heavy atom. The number of nitrogens with zero attached hydrogens (tertiary/aromatic N) is 1. The smallest absolute Gasteiger partial charge is 0.0716 e. The SMILES string of the molecule is c1ccc(-c2cc(-c3cc(-c4ccc5sc6ccccc6c5c4)cc(-c4ccc5sc6ccccc6c5c4)c3)cc(-c3cc(-c4ccc5sc6ccccc6c5c4)cc(-c4ccc5sc6ccccc6c5c4)c3)n2)cc1. The molecule has 5 aromatic heterocycles. The van der Waals surface area contributed by atoms with Crippen LogP contribution in [0, 0.1) is 0 Å². The third-order valence-electron chi connectivity index (χ3n) is 15.2. The van der Waals surface area contributed by atoms with Crippen molar-refractivity contribution in [2.45, 2.75) is 0 Å². The molecule has 1 nitrogen and oxygen atoms in total. The number of fused-ring (bicyclic) bond motifs is 12. The van der Waals surface area contributed by atoms with Gasteiger partial charge in [-0.25, -0.2) is 4.98 Å². The minimum atomic E-state index is 0.924. The maximum Gasteiger partial charge on any atom is 0.0716 e. The number of aromatic nitrogens is 1. The molecule has 16 rings (SSSR count). The Morgan fingerprint density at radius 1 is 0.171 bits per heavy atom. The molecule has 5 heteroatoms. The number of benzene rings is 11. The summed E-state index contributed by atoms with van der Waals surface area (Å²) in [6, 6.07) is 92.8. The number of hydrogen-bond donors (Lipinski definition) is 0. The Balaban J connectivity index is 0.925. The molecule has 0 fully saturated rings. The van der Waals surface area contributed by atoms with Gasteiger partial charge in [0, 0.05) is 91.8 Å². The molecule has 354 valence electrons. The molecule has 0 amide bonds. The summed E-state index contributed by atoms with van der Waals surface area (Å²) in [7, 11) is 0. The largest absolute Gasteiger partial charge is 0.248 e. The molecular weight excluding hydrogens is 995 g/mol. The maximum atomic E-state index is 5.62. The van der Waals surface area contributed by atoms with Crippen LogP contribution in [0.15, 0.2) is 249 Å². The fourth-order valence-corrected chi connectivity index (χ4v) is 15.8. The Morgan fingerprint density at radius 3 is 0.789 bits per heavy atom. The van der Waals surface area contributed by atoms with Crippen LogP contribution >= 0.6 is 45.3 Å². The van der Waals surface area contributed by atoms with Crippen LogP contribution in [0.3, 0.4) is 0 Å². The van der Waals surface area contributed by atoms with Crippen LogP contribution in [0.2, 0.25) is 0 Å². The predicted molar refractivity (Wildman–Crippen MR) is 334 cm³/mol. The highest BCUT2D eigenvalue weighted by Gasteiger charge is 2.18. The molecule has 5 heterocycles. The normalized spacial score (nSPS) is 11.9. The summed E-state index contributed by atoms with van der Waals surface area (Å²) in [6.45, 7) is 0. The van der Waals surface area contributed by atoms with Gasteiger partial charge < -0.3 is 0 Å². The van der Waals surface area contributed by atoms with E-state index in [1.165, 1.54) is 114 Å². The van der Waals surface area contributed by atoms with Gasteiger partial charge in [0.25, 0.3) is 0 Å². The van der Waals surface area contributed by atoms with Gasteiger partial charge in [0.1, 0.15) is 0 Å². The maximum absolute atomic E-state index is 5.62. The van der Waals surface area contributed by atoms with Crippen molar-refractivity contribution >= 4 is 126 Å². The van der Waals surface area contributed by atoms with Gasteiger partial charge >= 0.3 is 0 Å². The lowest BCUT2D eigenvalue weighted by atomic mass is 9.90. The number of thiophene rings is 4. The molecule has 0 radical (unpaired) electrons. The number of pyridine rings is 1. The van der Waals surface area contributed by atoms with Crippen molar-refractivity contribution in [2.75, 3.05) is 0 Å². The fraction of sp³-hybridized carbons (Fsp3) is 0. The third kappa shape index (κ3) is 7.42. The molecular formula is C71H41NS4. The van der Waals surface area contributed by atoms with E-state index in [9.17, 15) is 0 Å². The second-order valence-corrected chi connectivity index (χ2v) is 24.2. The van der Waals surface area contributed by atoms with E-state index in [2.05, 4.69) is 249 Å². The first-order chi connectivity index (χ1) is 37.6. The van der Waals surface area contributed by atoms with Gasteiger partial charge in [0.15, 0.2) is 0 Å². The molecule has 0 saturated carbocycles. The van der Waals surface area contributed by atoms with E-state index in [0.717, 1.165) is 44.8 Å². The molecule has 0 unspecified atom stereocenters. The van der Waals surface area contributed by atoms with E-state index < -0.39 is 0 Å². The van der Waals surface area contributed by atoms with Crippen LogP contribution in [0.4, 0.5) is 0 Å². The van der Waals surface area contributed by atoms with E-state index in [1.54, 1.807) is 0 Å². The van der Waals surface area contributed by atoms with Crippen LogP contribution in [0.1, 0.15) is 0 Å². The van der Waals surface area contributed by atoms with Gasteiger partial charge in [-0.05, 0) is 177 Å². The van der Waals surface area contributed by atoms with Gasteiger partial charge in [-0.3, -0.25) is 0 Å². The zero-order chi connectivity index (χ0) is 49.8. The lowest BCUT2D eigenvalue weighted by Gasteiger charge is -2.16. The van der Waals surface area contributed by atoms with Gasteiger partial charge in [-0.15, -0.1) is 45.3 Å². The summed E-state index contributed by atoms with van der Waals surface area (Å²) in [5.74, 6) is 0. The van der Waals surface area contributed by atoms with E-state index in [-0.39, 0.29) is 0 Å². The first kappa shape index (κ1) is 43.8. The summed E-state index contributed by atoms with van der Waals surface area (Å²) in [5, 5.41) is 10.4. The third-order valence-corrected chi connectivity index (χ3v) is 19.8. The van der Waals surface area contributed by atoms with E-state index in [0.29, 0.717) is 0 Å². The van der Waals surface area contributed by atoms with E-state index in [1.807, 2.05) is 45.3 Å². The molecule has 0 aliphatic carbocycles. The van der Waals surface area contributed by atoms with Crippen molar-refractivity contribution in [3.63, 3.8) is 0 Å². The van der Waals surface area contributed by atoms with Crippen molar-refractivity contribution in [1.82, 2.24) is 4.98 Å². The van der Waals surface area contributed by atoms with Crippen LogP contribution in [-0.4, -0.2) is 4.98 Å². The summed E-state index contributed by atoms with van der Waals surface area (Å²) in [6.07, 6.45) is 0. The molecule has 76 heavy (non-hydrogen) atoms. The zero-order valence-corrected chi connectivity index (χ0v) is 44.0. The minimum Gasteiger partial charge on any atom is -0.248 e. The van der Waals surface area contributed by atoms with Crippen LogP contribution in [0.5, 0.6) is 0 Å². The standard InChI is InChI=1S/C71H41NS4/c1-2-12-42(13-3-1)62-40-52(51-32-47(43-22-26-68-58(36-43)54-14-4-8-18-64(54)73-68)30-48(33-51)44-23-27-69-59(37-44)55-15-5-9-19-65(55)74-69)41-63(72-62)53-34-49(45-24-28-70-60(38-45)56-16-6-10-20-66(56)75-70)31-50(35-53)46-25-29-71-61(39-46)57-17-7-11-21-67(57)76-71/h1-41H. The number of hydrogen-bond acceptors (Lipinski definition) is 5. The second kappa shape index (κ2) is 17.5. The van der Waals surface area contributed by atoms with Gasteiger partial charge in [-0.2, -0.15) is 0 Å². The molecule has 0 spiro atoms. The zero-order valence-electron chi connectivity index (χ0n) is 40.8. The topological polar surface area (TPSA) is 12.9 Å². The predicted octanol–water partition coefficient (Wildman–Crippen LogP) is 22.2. The highest BCUT2D eigenvalue weighted by atomic mass is 32.1. The van der Waals surface area contributed by atoms with Gasteiger partial charge in [0.2, 0.25) is 0 Å². The van der Waals surface area contributed by atoms with Crippen molar-refractivity contribution < 1.29 is 0 Å². The molecule has 0 aliphatic heterocycles. The summed E-state index contributed by atoms with van der Waals surface area (Å²) >= 11 is 7.45. The molecule has 0 bridgehead atoms. The summed E-state index contributed by atoms with van der Waals surface area (Å²) in [4.78, 5) is 5.62. The highest BCUT2D eigenvalue weighted by Crippen LogP contribution is 2.45. The monoisotopic (exact) mass is 1040 g/mol. The molecule has 11 aromatic carbocycles. The first-order valence-electron chi connectivity index (χ1n) is 25.6. The molecule has 0 N–H and O–H groups in total. The average molecular weight is 1040 g/mol. The van der Waals surface area contributed by atoms with Crippen molar-refractivity contribution in [3.05, 3.63) is 249 Å². The van der Waals surface area contributed by atoms with Crippen molar-refractivity contribution in [1.29, 1.82) is 0 Å². The average Bonchev–Trinajstić information content (AvgIpc) is 4.28. The number of rotatable bonds is 7. The Hall–Kier alpha value is -8.55. The van der Waals surface area contributed by atoms with Crippen molar-refractivity contribution in [2.24, 2.45) is 0 Å². The van der Waals surface area contributed by atoms with E-state index >= 15 is 0 Å². The molecule has 16 aromatic rings. The highest BCUT2D eigenvalue weighted by molar-refractivity contribution is 7.27. The summed E-state index contributed by atoms with van der Waals surface area (Å²) < 4.78 is 10.4. The van der Waals surface area contributed by atoms with Gasteiger partial charge in [0.05, 0.1) is 11.4 Å². The molecule has 0 saturated heterocycles. The lowest BCUT2D eigenvalue weighted by molar-refractivity contribution is 1.32. The molecule has 0 atom stereocenters. The minimum absolute atomic E-state index is 0.924. The van der Waals surface area contributed by atoms with Crippen LogP contribution < -0.4 is 0 Å². The van der Waals surface area contributed by atoms with Crippen LogP contribution in [0.25, 0.3) is 159 Å². The van der Waals surface area contributed by atoms with E-state index in [4.69, 9.17) is 4.98 Å². The Kier molecular flexibility index (Phi) is 10.1. The summed E-state index contributed by atoms with van der Waals surface area (Å²) in [5.41, 5.74) is 15.7. The van der Waals surface area contributed by atoms with Crippen LogP contribution in [-0.2, 0) is 0 Å². The molecule has 0 aliphatic rings. The lowest BCUT2D eigenvalue weighted by Crippen LogP contribution is -1.94. The quantitative estimate of drug-likeness (QED) is 0.155. The van der Waals surface area contributed by atoms with Gasteiger partial charge in [-0.1, -0.05) is 127 Å². The van der Waals surface area contributed by atoms with Crippen molar-refractivity contribution in [3.8, 4) is 78.1 Å². The first-order valence-corrected chi connectivity index (χ1v) is 28.9. The Labute approximate surface area is 454 Å². The Bertz CT molecular complexity index is 4450. The second-order valence-electron chi connectivity index (χ2n) is 19.8. The fourth-order valence-electron chi connectivity index (χ4n) is 11.5.